The van der Waals surface area contributed by atoms with E-state index in [0.29, 0.717) is 31.0 Å². The third-order valence-corrected chi connectivity index (χ3v) is 2.71. The molecule has 2 aromatic heterocycles. The van der Waals surface area contributed by atoms with Crippen molar-refractivity contribution in [2.45, 2.75) is 39.8 Å². The van der Waals surface area contributed by atoms with Crippen molar-refractivity contribution in [3.63, 3.8) is 0 Å². The van der Waals surface area contributed by atoms with E-state index in [2.05, 4.69) is 25.8 Å². The molecule has 0 unspecified atom stereocenters. The van der Waals surface area contributed by atoms with E-state index in [4.69, 9.17) is 5.11 Å². The predicted molar refractivity (Wildman–Crippen MR) is 63.6 cm³/mol. The van der Waals surface area contributed by atoms with Crippen molar-refractivity contribution < 1.29 is 9.90 Å². The molecule has 9 heteroatoms. The number of aromatic nitrogens is 7. The molecule has 102 valence electrons. The molecule has 0 amide bonds. The van der Waals surface area contributed by atoms with E-state index >= 15 is 0 Å². The van der Waals surface area contributed by atoms with E-state index in [1.54, 1.807) is 4.68 Å². The molecule has 19 heavy (non-hydrogen) atoms. The molecule has 9 nitrogen and oxygen atoms in total. The second kappa shape index (κ2) is 5.55. The lowest BCUT2D eigenvalue weighted by molar-refractivity contribution is 0.0689. The summed E-state index contributed by atoms with van der Waals surface area (Å²) in [4.78, 5) is 11.0. The fourth-order valence-corrected chi connectivity index (χ4v) is 1.83. The maximum atomic E-state index is 11.0. The Bertz CT molecular complexity index is 574. The molecular weight excluding hydrogens is 250 g/mol. The summed E-state index contributed by atoms with van der Waals surface area (Å²) in [6, 6.07) is 0. The van der Waals surface area contributed by atoms with Crippen LogP contribution >= 0.6 is 0 Å². The van der Waals surface area contributed by atoms with Crippen molar-refractivity contribution >= 4 is 5.97 Å². The first kappa shape index (κ1) is 13.1. The van der Waals surface area contributed by atoms with Gasteiger partial charge in [0.25, 0.3) is 0 Å². The summed E-state index contributed by atoms with van der Waals surface area (Å²) in [5.74, 6) is -0.436. The molecule has 0 aliphatic carbocycles. The Kier molecular flexibility index (Phi) is 3.83. The SMILES string of the molecule is CCCn1nnnc1Cn1nnc(C(=O)O)c1CC. The molecular formula is C10H15N7O2. The topological polar surface area (TPSA) is 112 Å². The van der Waals surface area contributed by atoms with Gasteiger partial charge >= 0.3 is 5.97 Å². The van der Waals surface area contributed by atoms with Gasteiger partial charge in [0.2, 0.25) is 0 Å². The normalized spacial score (nSPS) is 10.8. The maximum Gasteiger partial charge on any atom is 0.358 e. The quantitative estimate of drug-likeness (QED) is 0.781. The van der Waals surface area contributed by atoms with Crippen molar-refractivity contribution in [2.24, 2.45) is 0 Å². The molecule has 0 aromatic carbocycles. The van der Waals surface area contributed by atoms with Gasteiger partial charge in [0, 0.05) is 6.54 Å². The van der Waals surface area contributed by atoms with Crippen LogP contribution in [-0.4, -0.2) is 46.3 Å². The fourth-order valence-electron chi connectivity index (χ4n) is 1.83. The van der Waals surface area contributed by atoms with Crippen molar-refractivity contribution in [3.8, 4) is 0 Å². The van der Waals surface area contributed by atoms with E-state index in [0.717, 1.165) is 6.42 Å². The van der Waals surface area contributed by atoms with Gasteiger partial charge in [-0.15, -0.1) is 10.2 Å². The number of tetrazole rings is 1. The summed E-state index contributed by atoms with van der Waals surface area (Å²) in [5, 5.41) is 28.0. The Labute approximate surface area is 109 Å². The summed E-state index contributed by atoms with van der Waals surface area (Å²) >= 11 is 0. The molecule has 2 aromatic rings. The molecule has 0 bridgehead atoms. The minimum Gasteiger partial charge on any atom is -0.476 e. The minimum atomic E-state index is -1.07. The van der Waals surface area contributed by atoms with E-state index in [-0.39, 0.29) is 5.69 Å². The molecule has 0 radical (unpaired) electrons. The van der Waals surface area contributed by atoms with Crippen LogP contribution in [0.2, 0.25) is 0 Å². The molecule has 2 heterocycles. The van der Waals surface area contributed by atoms with Crippen LogP contribution in [0.3, 0.4) is 0 Å². The first-order valence-electron chi connectivity index (χ1n) is 6.08. The monoisotopic (exact) mass is 265 g/mol. The summed E-state index contributed by atoms with van der Waals surface area (Å²) < 4.78 is 3.21. The number of nitrogens with zero attached hydrogens (tertiary/aromatic N) is 7. The Morgan fingerprint density at radius 2 is 2.00 bits per heavy atom. The zero-order chi connectivity index (χ0) is 13.8. The summed E-state index contributed by atoms with van der Waals surface area (Å²) in [5.41, 5.74) is 0.551. The van der Waals surface area contributed by atoms with Gasteiger partial charge in [-0.25, -0.2) is 14.2 Å². The smallest absolute Gasteiger partial charge is 0.358 e. The van der Waals surface area contributed by atoms with Crippen LogP contribution in [0.4, 0.5) is 0 Å². The fraction of sp³-hybridized carbons (Fsp3) is 0.600. The minimum absolute atomic E-state index is 0.0167. The number of aromatic carboxylic acids is 1. The van der Waals surface area contributed by atoms with Gasteiger partial charge in [-0.1, -0.05) is 19.1 Å². The molecule has 0 saturated carbocycles. The lowest BCUT2D eigenvalue weighted by atomic mass is 10.2. The van der Waals surface area contributed by atoms with Gasteiger partial charge in [0.05, 0.1) is 5.69 Å². The number of rotatable bonds is 6. The number of aryl methyl sites for hydroxylation is 1. The number of carboxylic acids is 1. The van der Waals surface area contributed by atoms with Crippen molar-refractivity contribution in [3.05, 3.63) is 17.2 Å². The van der Waals surface area contributed by atoms with Crippen LogP contribution in [0, 0.1) is 0 Å². The van der Waals surface area contributed by atoms with Gasteiger partial charge in [0.15, 0.2) is 11.5 Å². The molecule has 0 fully saturated rings. The highest BCUT2D eigenvalue weighted by Gasteiger charge is 2.18. The second-order valence-corrected chi connectivity index (χ2v) is 4.02. The first-order chi connectivity index (χ1) is 9.17. The molecule has 1 N–H and O–H groups in total. The third-order valence-electron chi connectivity index (χ3n) is 2.71. The second-order valence-electron chi connectivity index (χ2n) is 4.02. The predicted octanol–water partition coefficient (Wildman–Crippen LogP) is -0.0165. The number of hydrogen-bond acceptors (Lipinski definition) is 6. The van der Waals surface area contributed by atoms with Crippen LogP contribution in [0.15, 0.2) is 0 Å². The van der Waals surface area contributed by atoms with Crippen LogP contribution < -0.4 is 0 Å². The van der Waals surface area contributed by atoms with Crippen LogP contribution in [0.1, 0.15) is 42.3 Å². The highest BCUT2D eigenvalue weighted by Crippen LogP contribution is 2.08. The third kappa shape index (κ3) is 2.59. The summed E-state index contributed by atoms with van der Waals surface area (Å²) in [6.07, 6.45) is 1.44. The maximum absolute atomic E-state index is 11.0. The van der Waals surface area contributed by atoms with E-state index in [1.165, 1.54) is 4.68 Å². The van der Waals surface area contributed by atoms with Crippen LogP contribution in [0.25, 0.3) is 0 Å². The number of hydrogen-bond donors (Lipinski definition) is 1. The average Bonchev–Trinajstić information content (AvgIpc) is 2.97. The van der Waals surface area contributed by atoms with Gasteiger partial charge in [-0.2, -0.15) is 0 Å². The number of carboxylic acid groups (broad SMARTS) is 1. The molecule has 0 aliphatic rings. The average molecular weight is 265 g/mol. The van der Waals surface area contributed by atoms with Crippen molar-refractivity contribution in [2.75, 3.05) is 0 Å². The van der Waals surface area contributed by atoms with Crippen LogP contribution in [-0.2, 0) is 19.5 Å². The summed E-state index contributed by atoms with van der Waals surface area (Å²) in [7, 11) is 0. The lowest BCUT2D eigenvalue weighted by Crippen LogP contribution is -2.13. The highest BCUT2D eigenvalue weighted by molar-refractivity contribution is 5.86. The van der Waals surface area contributed by atoms with Crippen molar-refractivity contribution in [1.82, 2.24) is 35.2 Å². The molecule has 0 spiro atoms. The zero-order valence-corrected chi connectivity index (χ0v) is 10.8. The number of carbonyl (C=O) groups is 1. The highest BCUT2D eigenvalue weighted by atomic mass is 16.4. The molecule has 0 saturated heterocycles. The van der Waals surface area contributed by atoms with E-state index < -0.39 is 5.97 Å². The largest absolute Gasteiger partial charge is 0.476 e. The Hall–Kier alpha value is -2.32. The van der Waals surface area contributed by atoms with E-state index in [9.17, 15) is 4.79 Å². The molecule has 2 rings (SSSR count). The standard InChI is InChI=1S/C10H15N7O2/c1-3-5-16-8(11-13-15-16)6-17-7(4-2)9(10(18)19)12-14-17/h3-6H2,1-2H3,(H,18,19). The zero-order valence-electron chi connectivity index (χ0n) is 10.8. The van der Waals surface area contributed by atoms with Gasteiger partial charge in [-0.3, -0.25) is 0 Å². The molecule has 0 atom stereocenters. The Balaban J connectivity index is 2.28. The summed E-state index contributed by atoms with van der Waals surface area (Å²) in [6.45, 7) is 4.91. The van der Waals surface area contributed by atoms with E-state index in [1.807, 2.05) is 13.8 Å². The van der Waals surface area contributed by atoms with Crippen molar-refractivity contribution in [1.29, 1.82) is 0 Å². The lowest BCUT2D eigenvalue weighted by Gasteiger charge is -2.05. The first-order valence-corrected chi connectivity index (χ1v) is 6.08. The van der Waals surface area contributed by atoms with Gasteiger partial charge in [0.1, 0.15) is 6.54 Å². The van der Waals surface area contributed by atoms with Crippen LogP contribution in [0.5, 0.6) is 0 Å². The molecule has 0 aliphatic heterocycles. The Morgan fingerprint density at radius 1 is 1.21 bits per heavy atom. The Morgan fingerprint density at radius 3 is 2.63 bits per heavy atom. The van der Waals surface area contributed by atoms with Gasteiger partial charge < -0.3 is 5.11 Å². The van der Waals surface area contributed by atoms with Gasteiger partial charge in [-0.05, 0) is 23.3 Å².